The number of methoxy groups -OCH3 is 1. The molecule has 2 aliphatic rings. The summed E-state index contributed by atoms with van der Waals surface area (Å²) in [5.41, 5.74) is 3.43. The number of hydrogen-bond donors (Lipinski definition) is 1. The van der Waals surface area contributed by atoms with Crippen LogP contribution >= 0.6 is 12.4 Å². The first-order chi connectivity index (χ1) is 11.5. The number of sulfone groups is 1. The molecule has 0 bridgehead atoms. The van der Waals surface area contributed by atoms with Crippen LogP contribution in [0.5, 0.6) is 0 Å². The van der Waals surface area contributed by atoms with Crippen LogP contribution in [0.3, 0.4) is 0 Å². The normalized spacial score (nSPS) is 23.2. The van der Waals surface area contributed by atoms with E-state index in [-0.39, 0.29) is 23.9 Å². The zero-order valence-corrected chi connectivity index (χ0v) is 16.5. The summed E-state index contributed by atoms with van der Waals surface area (Å²) in [7, 11) is -1.17. The van der Waals surface area contributed by atoms with Gasteiger partial charge >= 0.3 is 0 Å². The maximum atomic E-state index is 11.7. The Morgan fingerprint density at radius 1 is 1.24 bits per heavy atom. The lowest BCUT2D eigenvalue weighted by molar-refractivity contribution is 0.185. The molecule has 25 heavy (non-hydrogen) atoms. The molecular weight excluding hydrogens is 362 g/mol. The molecule has 0 spiro atoms. The van der Waals surface area contributed by atoms with E-state index in [4.69, 9.17) is 4.74 Å². The van der Waals surface area contributed by atoms with Crippen LogP contribution in [0.15, 0.2) is 18.2 Å². The summed E-state index contributed by atoms with van der Waals surface area (Å²) in [6, 6.07) is 6.93. The molecule has 6 nitrogen and oxygen atoms in total. The van der Waals surface area contributed by atoms with Gasteiger partial charge in [-0.25, -0.2) is 8.42 Å². The van der Waals surface area contributed by atoms with Crippen LogP contribution < -0.4 is 15.1 Å². The SMILES string of the molecule is COCc1cc(N2CCNC[C@H]2C)ccc1N1CCS(=O)(=O)CC1.Cl. The van der Waals surface area contributed by atoms with Crippen molar-refractivity contribution in [2.75, 3.05) is 61.1 Å². The molecule has 2 aliphatic heterocycles. The summed E-state index contributed by atoms with van der Waals surface area (Å²) in [4.78, 5) is 4.58. The average molecular weight is 390 g/mol. The summed E-state index contributed by atoms with van der Waals surface area (Å²) in [6.45, 7) is 6.86. The van der Waals surface area contributed by atoms with Crippen LogP contribution in [-0.4, -0.2) is 65.8 Å². The molecule has 1 aromatic carbocycles. The van der Waals surface area contributed by atoms with Crippen LogP contribution in [0, 0.1) is 0 Å². The Kier molecular flexibility index (Phi) is 6.96. The smallest absolute Gasteiger partial charge is 0.153 e. The van der Waals surface area contributed by atoms with Gasteiger partial charge in [0.05, 0.1) is 18.1 Å². The van der Waals surface area contributed by atoms with Crippen LogP contribution in [0.1, 0.15) is 12.5 Å². The molecule has 142 valence electrons. The van der Waals surface area contributed by atoms with Gasteiger partial charge < -0.3 is 19.9 Å². The Labute approximate surface area is 156 Å². The van der Waals surface area contributed by atoms with Crippen molar-refractivity contribution in [3.63, 3.8) is 0 Å². The van der Waals surface area contributed by atoms with Crippen LogP contribution in [0.4, 0.5) is 11.4 Å². The van der Waals surface area contributed by atoms with E-state index < -0.39 is 9.84 Å². The quantitative estimate of drug-likeness (QED) is 0.837. The van der Waals surface area contributed by atoms with Crippen molar-refractivity contribution in [3.05, 3.63) is 23.8 Å². The fourth-order valence-electron chi connectivity index (χ4n) is 3.51. The number of hydrogen-bond acceptors (Lipinski definition) is 6. The van der Waals surface area contributed by atoms with Crippen LogP contribution in [0.25, 0.3) is 0 Å². The lowest BCUT2D eigenvalue weighted by atomic mass is 10.1. The lowest BCUT2D eigenvalue weighted by Gasteiger charge is -2.37. The Bertz CT molecular complexity index is 670. The molecule has 0 radical (unpaired) electrons. The Morgan fingerprint density at radius 2 is 1.96 bits per heavy atom. The number of nitrogens with zero attached hydrogens (tertiary/aromatic N) is 2. The van der Waals surface area contributed by atoms with E-state index in [0.717, 1.165) is 30.9 Å². The van der Waals surface area contributed by atoms with Gasteiger partial charge in [-0.1, -0.05) is 0 Å². The number of benzene rings is 1. The van der Waals surface area contributed by atoms with E-state index in [0.29, 0.717) is 25.7 Å². The zero-order chi connectivity index (χ0) is 17.2. The molecule has 3 rings (SSSR count). The number of ether oxygens (including phenoxy) is 1. The van der Waals surface area contributed by atoms with Gasteiger partial charge in [0.25, 0.3) is 0 Å². The highest BCUT2D eigenvalue weighted by Gasteiger charge is 2.24. The fraction of sp³-hybridized carbons (Fsp3) is 0.647. The van der Waals surface area contributed by atoms with Crippen molar-refractivity contribution in [2.24, 2.45) is 0 Å². The van der Waals surface area contributed by atoms with Gasteiger partial charge in [0.1, 0.15) is 0 Å². The lowest BCUT2D eigenvalue weighted by Crippen LogP contribution is -2.50. The van der Waals surface area contributed by atoms with E-state index in [2.05, 4.69) is 40.2 Å². The molecule has 1 atom stereocenters. The van der Waals surface area contributed by atoms with Gasteiger partial charge in [0.2, 0.25) is 0 Å². The maximum absolute atomic E-state index is 11.7. The molecule has 0 aliphatic carbocycles. The molecule has 8 heteroatoms. The Hall–Kier alpha value is -1.02. The first kappa shape index (κ1) is 20.3. The standard InChI is InChI=1S/C17H27N3O3S.ClH/c1-14-12-18-5-6-20(14)16-3-4-17(15(11-16)13-23-2)19-7-9-24(21,22)10-8-19;/h3-4,11,14,18H,5-10,12-13H2,1-2H3;1H/t14-;/m1./s1. The predicted octanol–water partition coefficient (Wildman–Crippen LogP) is 1.29. The minimum atomic E-state index is -2.87. The van der Waals surface area contributed by atoms with Crippen molar-refractivity contribution < 1.29 is 13.2 Å². The molecular formula is C17H28ClN3O3S. The van der Waals surface area contributed by atoms with Gasteiger partial charge in [0.15, 0.2) is 9.84 Å². The maximum Gasteiger partial charge on any atom is 0.153 e. The number of halogens is 1. The summed E-state index contributed by atoms with van der Waals surface area (Å²) in [6.07, 6.45) is 0. The molecule has 0 unspecified atom stereocenters. The molecule has 0 amide bonds. The highest BCUT2D eigenvalue weighted by Crippen LogP contribution is 2.29. The highest BCUT2D eigenvalue weighted by atomic mass is 35.5. The second-order valence-electron chi connectivity index (χ2n) is 6.63. The van der Waals surface area contributed by atoms with Gasteiger partial charge in [-0.2, -0.15) is 0 Å². The Morgan fingerprint density at radius 3 is 2.60 bits per heavy atom. The molecule has 2 fully saturated rings. The third-order valence-corrected chi connectivity index (χ3v) is 6.49. The largest absolute Gasteiger partial charge is 0.380 e. The van der Waals surface area contributed by atoms with E-state index in [1.165, 1.54) is 5.69 Å². The molecule has 1 aromatic rings. The Balaban J connectivity index is 0.00000225. The van der Waals surface area contributed by atoms with E-state index in [1.54, 1.807) is 7.11 Å². The number of anilines is 2. The number of piperazine rings is 1. The van der Waals surface area contributed by atoms with E-state index in [1.807, 2.05) is 0 Å². The van der Waals surface area contributed by atoms with Gasteiger partial charge in [-0.05, 0) is 25.1 Å². The van der Waals surface area contributed by atoms with Crippen LogP contribution in [0.2, 0.25) is 0 Å². The van der Waals surface area contributed by atoms with Gasteiger partial charge in [0, 0.05) is 62.8 Å². The van der Waals surface area contributed by atoms with Gasteiger partial charge in [-0.15, -0.1) is 12.4 Å². The molecule has 0 saturated carbocycles. The van der Waals surface area contributed by atoms with E-state index in [9.17, 15) is 8.42 Å². The molecule has 2 saturated heterocycles. The molecule has 1 N–H and O–H groups in total. The summed E-state index contributed by atoms with van der Waals surface area (Å²) in [5, 5.41) is 3.41. The van der Waals surface area contributed by atoms with Crippen molar-refractivity contribution >= 4 is 33.6 Å². The third kappa shape index (κ3) is 4.78. The third-order valence-electron chi connectivity index (χ3n) is 4.88. The zero-order valence-electron chi connectivity index (χ0n) is 14.9. The topological polar surface area (TPSA) is 61.9 Å². The fourth-order valence-corrected chi connectivity index (χ4v) is 4.71. The first-order valence-corrected chi connectivity index (χ1v) is 10.4. The minimum absolute atomic E-state index is 0. The van der Waals surface area contributed by atoms with Crippen molar-refractivity contribution in [1.29, 1.82) is 0 Å². The second kappa shape index (κ2) is 8.58. The predicted molar refractivity (Wildman–Crippen MR) is 105 cm³/mol. The average Bonchev–Trinajstić information content (AvgIpc) is 2.56. The highest BCUT2D eigenvalue weighted by molar-refractivity contribution is 7.91. The molecule has 2 heterocycles. The number of rotatable bonds is 4. The monoisotopic (exact) mass is 389 g/mol. The van der Waals surface area contributed by atoms with Crippen molar-refractivity contribution in [1.82, 2.24) is 5.32 Å². The van der Waals surface area contributed by atoms with Crippen molar-refractivity contribution in [3.8, 4) is 0 Å². The second-order valence-corrected chi connectivity index (χ2v) is 8.94. The first-order valence-electron chi connectivity index (χ1n) is 8.55. The minimum Gasteiger partial charge on any atom is -0.380 e. The van der Waals surface area contributed by atoms with E-state index >= 15 is 0 Å². The van der Waals surface area contributed by atoms with Gasteiger partial charge in [-0.3, -0.25) is 0 Å². The molecule has 0 aromatic heterocycles. The summed E-state index contributed by atoms with van der Waals surface area (Å²) < 4.78 is 28.7. The summed E-state index contributed by atoms with van der Waals surface area (Å²) >= 11 is 0. The van der Waals surface area contributed by atoms with Crippen LogP contribution in [-0.2, 0) is 21.2 Å². The number of nitrogens with one attached hydrogen (secondary N) is 1. The van der Waals surface area contributed by atoms with Crippen molar-refractivity contribution in [2.45, 2.75) is 19.6 Å². The summed E-state index contributed by atoms with van der Waals surface area (Å²) in [5.74, 6) is 0.464.